The minimum absolute atomic E-state index is 0.626. The van der Waals surface area contributed by atoms with Crippen LogP contribution in [0.4, 0.5) is 0 Å². The van der Waals surface area contributed by atoms with Gasteiger partial charge in [-0.2, -0.15) is 0 Å². The van der Waals surface area contributed by atoms with Crippen molar-refractivity contribution in [3.05, 3.63) is 42.0 Å². The quantitative estimate of drug-likeness (QED) is 0.743. The molecule has 0 radical (unpaired) electrons. The molecule has 3 heteroatoms. The first-order valence-corrected chi connectivity index (χ1v) is 8.49. The van der Waals surface area contributed by atoms with Gasteiger partial charge in [0.05, 0.1) is 6.61 Å². The molecule has 0 bridgehead atoms. The molecule has 1 aliphatic heterocycles. The van der Waals surface area contributed by atoms with Gasteiger partial charge in [-0.15, -0.1) is 0 Å². The van der Waals surface area contributed by atoms with Crippen LogP contribution in [0.2, 0.25) is 0 Å². The van der Waals surface area contributed by atoms with E-state index < -0.39 is 0 Å². The molecule has 0 spiro atoms. The number of rotatable bonds is 8. The van der Waals surface area contributed by atoms with Crippen molar-refractivity contribution >= 4 is 0 Å². The molecule has 1 aromatic rings. The van der Waals surface area contributed by atoms with Crippen LogP contribution in [0.15, 0.2) is 36.4 Å². The lowest BCUT2D eigenvalue weighted by Gasteiger charge is -2.32. The Morgan fingerprint density at radius 1 is 1.36 bits per heavy atom. The molecule has 0 aromatic heterocycles. The molecule has 1 fully saturated rings. The lowest BCUT2D eigenvalue weighted by molar-refractivity contribution is 0.211. The van der Waals surface area contributed by atoms with E-state index >= 15 is 0 Å². The van der Waals surface area contributed by atoms with E-state index in [-0.39, 0.29) is 0 Å². The van der Waals surface area contributed by atoms with Crippen LogP contribution in [0.1, 0.15) is 38.7 Å². The third-order valence-electron chi connectivity index (χ3n) is 4.05. The van der Waals surface area contributed by atoms with E-state index in [1.165, 1.54) is 37.1 Å². The highest BCUT2D eigenvalue weighted by Gasteiger charge is 2.18. The van der Waals surface area contributed by atoms with Gasteiger partial charge in [0.25, 0.3) is 0 Å². The van der Waals surface area contributed by atoms with Gasteiger partial charge in [-0.3, -0.25) is 4.90 Å². The summed E-state index contributed by atoms with van der Waals surface area (Å²) in [7, 11) is 0. The summed E-state index contributed by atoms with van der Waals surface area (Å²) >= 11 is 0. The molecule has 1 saturated heterocycles. The zero-order valence-corrected chi connectivity index (χ0v) is 14.1. The number of nitrogens with one attached hydrogen (secondary N) is 1. The van der Waals surface area contributed by atoms with Crippen molar-refractivity contribution in [3.8, 4) is 5.75 Å². The summed E-state index contributed by atoms with van der Waals surface area (Å²) in [5.74, 6) is 0.984. The molecule has 3 nitrogen and oxygen atoms in total. The van der Waals surface area contributed by atoms with Crippen LogP contribution in [0, 0.1) is 0 Å². The van der Waals surface area contributed by atoms with Crippen LogP contribution in [-0.2, 0) is 6.54 Å². The molecule has 1 N–H and O–H groups in total. The Bertz CT molecular complexity index is 464. The zero-order chi connectivity index (χ0) is 15.8. The highest BCUT2D eigenvalue weighted by atomic mass is 16.5. The molecule has 0 unspecified atom stereocenters. The van der Waals surface area contributed by atoms with E-state index in [2.05, 4.69) is 48.8 Å². The normalized spacial score (nSPS) is 16.6. The predicted octanol–water partition coefficient (Wildman–Crippen LogP) is 3.61. The maximum Gasteiger partial charge on any atom is 0.119 e. The van der Waals surface area contributed by atoms with Crippen LogP contribution in [0.5, 0.6) is 5.75 Å². The second kappa shape index (κ2) is 8.96. The summed E-state index contributed by atoms with van der Waals surface area (Å²) in [6.07, 6.45) is 3.49. The molecule has 0 atom stereocenters. The van der Waals surface area contributed by atoms with Gasteiger partial charge in [-0.1, -0.05) is 31.2 Å². The van der Waals surface area contributed by atoms with Gasteiger partial charge >= 0.3 is 0 Å². The zero-order valence-electron chi connectivity index (χ0n) is 14.1. The van der Waals surface area contributed by atoms with Gasteiger partial charge in [0, 0.05) is 19.1 Å². The van der Waals surface area contributed by atoms with Crippen molar-refractivity contribution in [3.63, 3.8) is 0 Å². The van der Waals surface area contributed by atoms with Gasteiger partial charge < -0.3 is 10.1 Å². The number of piperidine rings is 1. The molecule has 1 aliphatic rings. The molecular weight excluding hydrogens is 272 g/mol. The number of hydrogen-bond donors (Lipinski definition) is 1. The van der Waals surface area contributed by atoms with Crippen LogP contribution in [-0.4, -0.2) is 37.2 Å². The van der Waals surface area contributed by atoms with Crippen molar-refractivity contribution in [1.82, 2.24) is 10.2 Å². The standard InChI is InChI=1S/C19H30N2O/c1-4-12-22-19-7-5-6-17(13-19)14-20-18-8-10-21(11-9-18)15-16(2)3/h5-7,13,18,20H,2,4,8-12,14-15H2,1,3H3. The Morgan fingerprint density at radius 3 is 2.82 bits per heavy atom. The molecule has 1 aromatic carbocycles. The highest BCUT2D eigenvalue weighted by molar-refractivity contribution is 5.28. The summed E-state index contributed by atoms with van der Waals surface area (Å²) < 4.78 is 5.70. The van der Waals surface area contributed by atoms with Gasteiger partial charge in [0.1, 0.15) is 5.75 Å². The Kier molecular flexibility index (Phi) is 6.94. The second-order valence-corrected chi connectivity index (χ2v) is 6.38. The van der Waals surface area contributed by atoms with Gasteiger partial charge in [0.15, 0.2) is 0 Å². The maximum absolute atomic E-state index is 5.70. The summed E-state index contributed by atoms with van der Waals surface area (Å²) in [6, 6.07) is 9.06. The van der Waals surface area contributed by atoms with E-state index in [4.69, 9.17) is 4.74 Å². The van der Waals surface area contributed by atoms with Gasteiger partial charge in [-0.25, -0.2) is 0 Å². The van der Waals surface area contributed by atoms with E-state index in [9.17, 15) is 0 Å². The summed E-state index contributed by atoms with van der Waals surface area (Å²) in [5.41, 5.74) is 2.56. The minimum atomic E-state index is 0.626. The Balaban J connectivity index is 1.73. The van der Waals surface area contributed by atoms with E-state index in [0.717, 1.165) is 31.9 Å². The topological polar surface area (TPSA) is 24.5 Å². The van der Waals surface area contributed by atoms with Gasteiger partial charge in [-0.05, 0) is 57.0 Å². The van der Waals surface area contributed by atoms with Crippen LogP contribution >= 0.6 is 0 Å². The average molecular weight is 302 g/mol. The van der Waals surface area contributed by atoms with Crippen molar-refractivity contribution < 1.29 is 4.74 Å². The SMILES string of the molecule is C=C(C)CN1CCC(NCc2cccc(OCCC)c2)CC1. The fraction of sp³-hybridized carbons (Fsp3) is 0.579. The molecule has 1 heterocycles. The molecular formula is C19H30N2O. The number of benzene rings is 1. The molecule has 0 aliphatic carbocycles. The number of nitrogens with zero attached hydrogens (tertiary/aromatic N) is 1. The van der Waals surface area contributed by atoms with E-state index in [1.807, 2.05) is 6.07 Å². The third kappa shape index (κ3) is 5.82. The summed E-state index contributed by atoms with van der Waals surface area (Å²) in [4.78, 5) is 2.50. The van der Waals surface area contributed by atoms with E-state index in [1.54, 1.807) is 0 Å². The van der Waals surface area contributed by atoms with Crippen molar-refractivity contribution in [2.45, 2.75) is 45.7 Å². The molecule has 122 valence electrons. The van der Waals surface area contributed by atoms with Crippen molar-refractivity contribution in [1.29, 1.82) is 0 Å². The first kappa shape index (κ1) is 17.0. The van der Waals surface area contributed by atoms with Crippen LogP contribution in [0.3, 0.4) is 0 Å². The largest absolute Gasteiger partial charge is 0.494 e. The first-order chi connectivity index (χ1) is 10.7. The Morgan fingerprint density at radius 2 is 2.14 bits per heavy atom. The lowest BCUT2D eigenvalue weighted by Crippen LogP contribution is -2.42. The second-order valence-electron chi connectivity index (χ2n) is 6.38. The summed E-state index contributed by atoms with van der Waals surface area (Å²) in [5, 5.41) is 3.69. The molecule has 22 heavy (non-hydrogen) atoms. The minimum Gasteiger partial charge on any atom is -0.494 e. The average Bonchev–Trinajstić information content (AvgIpc) is 2.52. The number of likely N-dealkylation sites (tertiary alicyclic amines) is 1. The molecule has 2 rings (SSSR count). The Hall–Kier alpha value is -1.32. The van der Waals surface area contributed by atoms with Gasteiger partial charge in [0.2, 0.25) is 0 Å². The van der Waals surface area contributed by atoms with Crippen molar-refractivity contribution in [2.24, 2.45) is 0 Å². The summed E-state index contributed by atoms with van der Waals surface area (Å²) in [6.45, 7) is 13.3. The fourth-order valence-electron chi connectivity index (χ4n) is 2.90. The fourth-order valence-corrected chi connectivity index (χ4v) is 2.90. The Labute approximate surface area is 135 Å². The third-order valence-corrected chi connectivity index (χ3v) is 4.05. The lowest BCUT2D eigenvalue weighted by atomic mass is 10.0. The number of ether oxygens (including phenoxy) is 1. The first-order valence-electron chi connectivity index (χ1n) is 8.49. The number of hydrogen-bond acceptors (Lipinski definition) is 3. The predicted molar refractivity (Wildman–Crippen MR) is 93.3 cm³/mol. The van der Waals surface area contributed by atoms with Crippen LogP contribution < -0.4 is 10.1 Å². The van der Waals surface area contributed by atoms with Crippen LogP contribution in [0.25, 0.3) is 0 Å². The maximum atomic E-state index is 5.70. The monoisotopic (exact) mass is 302 g/mol. The van der Waals surface area contributed by atoms with E-state index in [0.29, 0.717) is 6.04 Å². The molecule has 0 saturated carbocycles. The molecule has 0 amide bonds. The smallest absolute Gasteiger partial charge is 0.119 e. The highest BCUT2D eigenvalue weighted by Crippen LogP contribution is 2.15. The van der Waals surface area contributed by atoms with Crippen molar-refractivity contribution in [2.75, 3.05) is 26.2 Å².